The van der Waals surface area contributed by atoms with E-state index in [1.807, 2.05) is 6.92 Å². The molecular formula is C19H23F4IN4O2. The van der Waals surface area contributed by atoms with Gasteiger partial charge in [0.05, 0.1) is 6.54 Å². The minimum Gasteiger partial charge on any atom is -0.489 e. The Labute approximate surface area is 189 Å². The molecule has 30 heavy (non-hydrogen) atoms. The van der Waals surface area contributed by atoms with Crippen LogP contribution in [0.2, 0.25) is 0 Å². The van der Waals surface area contributed by atoms with Crippen LogP contribution in [0.5, 0.6) is 11.6 Å². The number of rotatable bonds is 8. The number of benzene rings is 1. The van der Waals surface area contributed by atoms with Crippen LogP contribution in [0.25, 0.3) is 0 Å². The number of aliphatic imine (C=N–C) groups is 1. The number of ether oxygens (including phenoxy) is 2. The molecule has 2 aromatic rings. The topological polar surface area (TPSA) is 67.8 Å². The molecule has 0 radical (unpaired) electrons. The highest BCUT2D eigenvalue weighted by Gasteiger charge is 2.28. The first-order valence-corrected chi connectivity index (χ1v) is 8.76. The molecule has 1 unspecified atom stereocenters. The predicted molar refractivity (Wildman–Crippen MR) is 116 cm³/mol. The fourth-order valence-electron chi connectivity index (χ4n) is 2.22. The summed E-state index contributed by atoms with van der Waals surface area (Å²) in [4.78, 5) is 7.92. The van der Waals surface area contributed by atoms with E-state index in [-0.39, 0.29) is 41.8 Å². The second kappa shape index (κ2) is 12.4. The van der Waals surface area contributed by atoms with Crippen molar-refractivity contribution in [3.63, 3.8) is 0 Å². The van der Waals surface area contributed by atoms with Crippen molar-refractivity contribution in [2.24, 2.45) is 4.99 Å². The third-order valence-corrected chi connectivity index (χ3v) is 3.56. The van der Waals surface area contributed by atoms with E-state index in [4.69, 9.17) is 4.74 Å². The van der Waals surface area contributed by atoms with Crippen molar-refractivity contribution in [3.05, 3.63) is 54.0 Å². The Morgan fingerprint density at radius 1 is 1.20 bits per heavy atom. The van der Waals surface area contributed by atoms with Crippen LogP contribution in [0.3, 0.4) is 0 Å². The van der Waals surface area contributed by atoms with Gasteiger partial charge in [0.1, 0.15) is 17.7 Å². The highest BCUT2D eigenvalue weighted by molar-refractivity contribution is 14.0. The van der Waals surface area contributed by atoms with E-state index in [2.05, 4.69) is 25.3 Å². The first kappa shape index (κ1) is 25.7. The molecule has 0 saturated carbocycles. The zero-order valence-corrected chi connectivity index (χ0v) is 18.7. The van der Waals surface area contributed by atoms with Crippen LogP contribution in [0.15, 0.2) is 47.6 Å². The lowest BCUT2D eigenvalue weighted by Gasteiger charge is -2.18. The summed E-state index contributed by atoms with van der Waals surface area (Å²) in [5, 5.41) is 6.12. The van der Waals surface area contributed by atoms with Crippen molar-refractivity contribution >= 4 is 29.9 Å². The number of hydrogen-bond acceptors (Lipinski definition) is 4. The lowest BCUT2D eigenvalue weighted by Crippen LogP contribution is -2.41. The Morgan fingerprint density at radius 3 is 2.57 bits per heavy atom. The van der Waals surface area contributed by atoms with Crippen LogP contribution in [0.1, 0.15) is 12.5 Å². The zero-order valence-electron chi connectivity index (χ0n) is 16.4. The largest absolute Gasteiger partial charge is 0.489 e. The molecule has 2 N–H and O–H groups in total. The van der Waals surface area contributed by atoms with Gasteiger partial charge in [-0.2, -0.15) is 13.2 Å². The Hall–Kier alpha value is -2.31. The van der Waals surface area contributed by atoms with E-state index >= 15 is 0 Å². The summed E-state index contributed by atoms with van der Waals surface area (Å²) in [6.07, 6.45) is -3.24. The highest BCUT2D eigenvalue weighted by Crippen LogP contribution is 2.17. The van der Waals surface area contributed by atoms with Gasteiger partial charge < -0.3 is 20.1 Å². The van der Waals surface area contributed by atoms with Gasteiger partial charge in [-0.1, -0.05) is 12.1 Å². The summed E-state index contributed by atoms with van der Waals surface area (Å²) in [7, 11) is 1.60. The fourth-order valence-corrected chi connectivity index (χ4v) is 2.22. The van der Waals surface area contributed by atoms with Crippen LogP contribution in [0, 0.1) is 5.82 Å². The van der Waals surface area contributed by atoms with Gasteiger partial charge in [0, 0.05) is 31.9 Å². The lowest BCUT2D eigenvalue weighted by atomic mass is 10.3. The van der Waals surface area contributed by atoms with Crippen molar-refractivity contribution in [1.82, 2.24) is 15.6 Å². The molecular weight excluding hydrogens is 519 g/mol. The van der Waals surface area contributed by atoms with Crippen LogP contribution in [-0.2, 0) is 6.54 Å². The van der Waals surface area contributed by atoms with E-state index in [1.54, 1.807) is 25.2 Å². The molecule has 0 aliphatic rings. The summed E-state index contributed by atoms with van der Waals surface area (Å²) >= 11 is 0. The summed E-state index contributed by atoms with van der Waals surface area (Å²) in [6, 6.07) is 8.85. The van der Waals surface area contributed by atoms with E-state index in [0.717, 1.165) is 5.56 Å². The quantitative estimate of drug-likeness (QED) is 0.229. The monoisotopic (exact) mass is 542 g/mol. The summed E-state index contributed by atoms with van der Waals surface area (Å²) in [5.41, 5.74) is 0.733. The number of aromatic nitrogens is 1. The number of nitrogens with one attached hydrogen (secondary N) is 2. The smallest absolute Gasteiger partial charge is 0.422 e. The Kier molecular flexibility index (Phi) is 10.6. The van der Waals surface area contributed by atoms with Gasteiger partial charge in [-0.15, -0.1) is 24.0 Å². The number of nitrogens with zero attached hydrogens (tertiary/aromatic N) is 2. The number of alkyl halides is 3. The van der Waals surface area contributed by atoms with Crippen molar-refractivity contribution in [1.29, 1.82) is 0 Å². The second-order valence-corrected chi connectivity index (χ2v) is 6.10. The van der Waals surface area contributed by atoms with Gasteiger partial charge in [0.25, 0.3) is 0 Å². The number of guanidine groups is 1. The van der Waals surface area contributed by atoms with E-state index in [1.165, 1.54) is 24.4 Å². The standard InChI is InChI=1S/C19H22F4N4O2.HI/c1-13(29-16-5-3-4-15(20)8-16)9-26-18(24-2)27-11-14-6-7-17(25-10-14)28-12-19(21,22)23;/h3-8,10,13H,9,11-12H2,1-2H3,(H2,24,26,27);1H. The highest BCUT2D eigenvalue weighted by atomic mass is 127. The number of pyridine rings is 1. The molecule has 0 bridgehead atoms. The Balaban J connectivity index is 0.00000450. The van der Waals surface area contributed by atoms with Crippen molar-refractivity contribution in [3.8, 4) is 11.6 Å². The third-order valence-electron chi connectivity index (χ3n) is 3.56. The molecule has 0 spiro atoms. The van der Waals surface area contributed by atoms with E-state index in [0.29, 0.717) is 24.8 Å². The lowest BCUT2D eigenvalue weighted by molar-refractivity contribution is -0.154. The Bertz CT molecular complexity index is 804. The average molecular weight is 542 g/mol. The van der Waals surface area contributed by atoms with Gasteiger partial charge in [-0.25, -0.2) is 9.37 Å². The fraction of sp³-hybridized carbons (Fsp3) is 0.368. The van der Waals surface area contributed by atoms with Crippen LogP contribution in [0.4, 0.5) is 17.6 Å². The molecule has 0 fully saturated rings. The maximum atomic E-state index is 13.2. The van der Waals surface area contributed by atoms with Crippen molar-refractivity contribution in [2.45, 2.75) is 25.7 Å². The molecule has 0 saturated heterocycles. The molecule has 1 atom stereocenters. The summed E-state index contributed by atoms with van der Waals surface area (Å²) in [5.74, 6) is 0.457. The Morgan fingerprint density at radius 2 is 1.97 bits per heavy atom. The average Bonchev–Trinajstić information content (AvgIpc) is 2.67. The first-order chi connectivity index (χ1) is 13.7. The van der Waals surface area contributed by atoms with Crippen LogP contribution >= 0.6 is 24.0 Å². The SMILES string of the molecule is CN=C(NCc1ccc(OCC(F)(F)F)nc1)NCC(C)Oc1cccc(F)c1.I. The van der Waals surface area contributed by atoms with Gasteiger partial charge in [-0.3, -0.25) is 4.99 Å². The maximum absolute atomic E-state index is 13.2. The number of hydrogen-bond donors (Lipinski definition) is 2. The molecule has 0 aliphatic heterocycles. The number of halogens is 5. The molecule has 1 aromatic carbocycles. The molecule has 2 rings (SSSR count). The van der Waals surface area contributed by atoms with E-state index < -0.39 is 12.8 Å². The van der Waals surface area contributed by atoms with Gasteiger partial charge >= 0.3 is 6.18 Å². The minimum absolute atomic E-state index is 0. The molecule has 1 aromatic heterocycles. The summed E-state index contributed by atoms with van der Waals surface area (Å²) in [6.45, 7) is 1.21. The summed E-state index contributed by atoms with van der Waals surface area (Å²) < 4.78 is 59.8. The molecule has 1 heterocycles. The van der Waals surface area contributed by atoms with Crippen molar-refractivity contribution < 1.29 is 27.0 Å². The van der Waals surface area contributed by atoms with Crippen molar-refractivity contribution in [2.75, 3.05) is 20.2 Å². The van der Waals surface area contributed by atoms with Crippen LogP contribution in [-0.4, -0.2) is 43.4 Å². The van der Waals surface area contributed by atoms with Gasteiger partial charge in [-0.05, 0) is 24.6 Å². The molecule has 0 aliphatic carbocycles. The van der Waals surface area contributed by atoms with E-state index in [9.17, 15) is 17.6 Å². The first-order valence-electron chi connectivity index (χ1n) is 8.76. The normalized spacial score (nSPS) is 12.5. The van der Waals surface area contributed by atoms with Crippen LogP contribution < -0.4 is 20.1 Å². The molecule has 6 nitrogen and oxygen atoms in total. The minimum atomic E-state index is -4.41. The zero-order chi connectivity index (χ0) is 21.3. The van der Waals surface area contributed by atoms with Gasteiger partial charge in [0.15, 0.2) is 12.6 Å². The van der Waals surface area contributed by atoms with Gasteiger partial charge in [0.2, 0.25) is 5.88 Å². The predicted octanol–water partition coefficient (Wildman–Crippen LogP) is 3.91. The molecule has 11 heteroatoms. The second-order valence-electron chi connectivity index (χ2n) is 6.10. The maximum Gasteiger partial charge on any atom is 0.422 e. The third kappa shape index (κ3) is 9.94. The molecule has 166 valence electrons. The molecule has 0 amide bonds.